The normalized spacial score (nSPS) is 10.6. The van der Waals surface area contributed by atoms with Crippen molar-refractivity contribution in [2.24, 2.45) is 0 Å². The number of ether oxygens (including phenoxy) is 1. The standard InChI is InChI=1S/C15H19N3O2/c1-4-10-6-8-11(9-7-10)18-12(5-2)17-13(14(18)16)15(19)20-3/h6-9H,4-5,16H2,1-3H3. The zero-order chi connectivity index (χ0) is 14.7. The quantitative estimate of drug-likeness (QED) is 0.868. The van der Waals surface area contributed by atoms with Crippen molar-refractivity contribution in [2.45, 2.75) is 26.7 Å². The molecule has 0 saturated carbocycles. The van der Waals surface area contributed by atoms with Crippen LogP contribution in [0.15, 0.2) is 24.3 Å². The Hall–Kier alpha value is -2.30. The van der Waals surface area contributed by atoms with Crippen molar-refractivity contribution < 1.29 is 9.53 Å². The van der Waals surface area contributed by atoms with E-state index in [4.69, 9.17) is 10.5 Å². The Morgan fingerprint density at radius 3 is 2.40 bits per heavy atom. The lowest BCUT2D eigenvalue weighted by molar-refractivity contribution is 0.0596. The van der Waals surface area contributed by atoms with Crippen LogP contribution < -0.4 is 5.73 Å². The highest BCUT2D eigenvalue weighted by molar-refractivity contribution is 5.92. The molecule has 106 valence electrons. The minimum Gasteiger partial charge on any atom is -0.464 e. The van der Waals surface area contributed by atoms with E-state index in [0.717, 1.165) is 17.9 Å². The summed E-state index contributed by atoms with van der Waals surface area (Å²) in [5.74, 6) is 0.547. The lowest BCUT2D eigenvalue weighted by Crippen LogP contribution is -2.08. The number of nitrogen functional groups attached to an aromatic ring is 1. The van der Waals surface area contributed by atoms with Crippen LogP contribution in [0.4, 0.5) is 5.82 Å². The van der Waals surface area contributed by atoms with Crippen LogP contribution >= 0.6 is 0 Å². The average molecular weight is 273 g/mol. The highest BCUT2D eigenvalue weighted by atomic mass is 16.5. The molecule has 0 fully saturated rings. The summed E-state index contributed by atoms with van der Waals surface area (Å²) in [4.78, 5) is 16.0. The van der Waals surface area contributed by atoms with Crippen LogP contribution in [0.25, 0.3) is 5.69 Å². The van der Waals surface area contributed by atoms with Crippen molar-refractivity contribution in [3.63, 3.8) is 0 Å². The highest BCUT2D eigenvalue weighted by Crippen LogP contribution is 2.22. The molecule has 0 aliphatic rings. The molecule has 0 aliphatic carbocycles. The van der Waals surface area contributed by atoms with E-state index in [1.807, 2.05) is 31.2 Å². The first-order chi connectivity index (χ1) is 9.62. The van der Waals surface area contributed by atoms with Crippen LogP contribution in [0.1, 0.15) is 35.7 Å². The molecule has 2 rings (SSSR count). The van der Waals surface area contributed by atoms with Crippen LogP contribution in [0.5, 0.6) is 0 Å². The minimum absolute atomic E-state index is 0.170. The molecule has 1 aromatic heterocycles. The van der Waals surface area contributed by atoms with E-state index < -0.39 is 5.97 Å². The average Bonchev–Trinajstić information content (AvgIpc) is 2.83. The molecule has 1 aromatic carbocycles. The lowest BCUT2D eigenvalue weighted by Gasteiger charge is -2.09. The van der Waals surface area contributed by atoms with Crippen LogP contribution in [-0.2, 0) is 17.6 Å². The smallest absolute Gasteiger partial charge is 0.360 e. The van der Waals surface area contributed by atoms with Crippen molar-refractivity contribution in [2.75, 3.05) is 12.8 Å². The first-order valence-electron chi connectivity index (χ1n) is 6.67. The van der Waals surface area contributed by atoms with Gasteiger partial charge >= 0.3 is 5.97 Å². The number of imidazole rings is 1. The van der Waals surface area contributed by atoms with Crippen LogP contribution in [0.3, 0.4) is 0 Å². The molecule has 0 spiro atoms. The molecule has 0 aliphatic heterocycles. The zero-order valence-corrected chi connectivity index (χ0v) is 12.0. The number of methoxy groups -OCH3 is 1. The van der Waals surface area contributed by atoms with Crippen molar-refractivity contribution >= 4 is 11.8 Å². The molecule has 5 nitrogen and oxygen atoms in total. The topological polar surface area (TPSA) is 70.1 Å². The van der Waals surface area contributed by atoms with E-state index in [2.05, 4.69) is 11.9 Å². The van der Waals surface area contributed by atoms with Gasteiger partial charge < -0.3 is 10.5 Å². The molecular weight excluding hydrogens is 254 g/mol. The summed E-state index contributed by atoms with van der Waals surface area (Å²) in [6.07, 6.45) is 1.66. The van der Waals surface area contributed by atoms with Gasteiger partial charge in [-0.05, 0) is 24.1 Å². The monoisotopic (exact) mass is 273 g/mol. The maximum Gasteiger partial charge on any atom is 0.360 e. The third-order valence-corrected chi connectivity index (χ3v) is 3.28. The fourth-order valence-corrected chi connectivity index (χ4v) is 2.13. The number of nitrogens with zero attached hydrogens (tertiary/aromatic N) is 2. The van der Waals surface area contributed by atoms with E-state index in [1.165, 1.54) is 12.7 Å². The second-order valence-electron chi connectivity index (χ2n) is 4.46. The SMILES string of the molecule is CCc1ccc(-n2c(CC)nc(C(=O)OC)c2N)cc1. The van der Waals surface area contributed by atoms with Crippen LogP contribution in [0.2, 0.25) is 0 Å². The van der Waals surface area contributed by atoms with Gasteiger partial charge in [-0.3, -0.25) is 4.57 Å². The van der Waals surface area contributed by atoms with Crippen molar-refractivity contribution in [3.8, 4) is 5.69 Å². The van der Waals surface area contributed by atoms with Crippen LogP contribution in [0, 0.1) is 0 Å². The first kappa shape index (κ1) is 14.1. The van der Waals surface area contributed by atoms with Gasteiger partial charge in [-0.2, -0.15) is 0 Å². The first-order valence-corrected chi connectivity index (χ1v) is 6.67. The number of aromatic nitrogens is 2. The van der Waals surface area contributed by atoms with Gasteiger partial charge in [-0.15, -0.1) is 0 Å². The number of benzene rings is 1. The lowest BCUT2D eigenvalue weighted by atomic mass is 10.1. The molecule has 5 heteroatoms. The molecule has 0 saturated heterocycles. The van der Waals surface area contributed by atoms with Gasteiger partial charge in [-0.25, -0.2) is 9.78 Å². The van der Waals surface area contributed by atoms with Crippen molar-refractivity contribution in [1.82, 2.24) is 9.55 Å². The predicted molar refractivity (Wildman–Crippen MR) is 78.1 cm³/mol. The van der Waals surface area contributed by atoms with Gasteiger partial charge in [0.2, 0.25) is 0 Å². The Morgan fingerprint density at radius 2 is 1.90 bits per heavy atom. The predicted octanol–water partition coefficient (Wildman–Crippen LogP) is 2.37. The zero-order valence-electron chi connectivity index (χ0n) is 12.0. The van der Waals surface area contributed by atoms with Crippen molar-refractivity contribution in [1.29, 1.82) is 0 Å². The molecule has 0 radical (unpaired) electrons. The van der Waals surface area contributed by atoms with Gasteiger partial charge in [0.25, 0.3) is 0 Å². The number of hydrogen-bond donors (Lipinski definition) is 1. The molecule has 2 aromatic rings. The molecule has 2 N–H and O–H groups in total. The summed E-state index contributed by atoms with van der Waals surface area (Å²) in [7, 11) is 1.32. The number of carbonyl (C=O) groups excluding carboxylic acids is 1. The summed E-state index contributed by atoms with van der Waals surface area (Å²) >= 11 is 0. The number of esters is 1. The number of rotatable bonds is 4. The number of nitrogens with two attached hydrogens (primary N) is 1. The molecular formula is C15H19N3O2. The second kappa shape index (κ2) is 5.77. The summed E-state index contributed by atoms with van der Waals surface area (Å²) in [5.41, 5.74) is 8.38. The highest BCUT2D eigenvalue weighted by Gasteiger charge is 2.21. The minimum atomic E-state index is -0.513. The van der Waals surface area contributed by atoms with E-state index in [0.29, 0.717) is 12.2 Å². The molecule has 20 heavy (non-hydrogen) atoms. The Bertz CT molecular complexity index is 615. The van der Waals surface area contributed by atoms with Gasteiger partial charge in [0.15, 0.2) is 5.69 Å². The maximum atomic E-state index is 11.7. The molecule has 0 unspecified atom stereocenters. The summed E-state index contributed by atoms with van der Waals surface area (Å²) in [6.45, 7) is 4.08. The Kier molecular flexibility index (Phi) is 4.08. The van der Waals surface area contributed by atoms with E-state index in [-0.39, 0.29) is 5.69 Å². The second-order valence-corrected chi connectivity index (χ2v) is 4.46. The third kappa shape index (κ3) is 2.39. The Morgan fingerprint density at radius 1 is 1.25 bits per heavy atom. The molecule has 1 heterocycles. The summed E-state index contributed by atoms with van der Waals surface area (Å²) < 4.78 is 6.50. The molecule has 0 atom stereocenters. The number of carbonyl (C=O) groups is 1. The largest absolute Gasteiger partial charge is 0.464 e. The van der Waals surface area contributed by atoms with Gasteiger partial charge in [-0.1, -0.05) is 26.0 Å². The summed E-state index contributed by atoms with van der Waals surface area (Å²) in [5, 5.41) is 0. The Labute approximate surface area is 118 Å². The number of anilines is 1. The fraction of sp³-hybridized carbons (Fsp3) is 0.333. The van der Waals surface area contributed by atoms with E-state index >= 15 is 0 Å². The van der Waals surface area contributed by atoms with Crippen LogP contribution in [-0.4, -0.2) is 22.6 Å². The van der Waals surface area contributed by atoms with Gasteiger partial charge in [0, 0.05) is 12.1 Å². The van der Waals surface area contributed by atoms with E-state index in [9.17, 15) is 4.79 Å². The van der Waals surface area contributed by atoms with Crippen molar-refractivity contribution in [3.05, 3.63) is 41.3 Å². The number of aryl methyl sites for hydroxylation is 2. The fourth-order valence-electron chi connectivity index (χ4n) is 2.13. The van der Waals surface area contributed by atoms with Gasteiger partial charge in [0.05, 0.1) is 7.11 Å². The number of hydrogen-bond acceptors (Lipinski definition) is 4. The maximum absolute atomic E-state index is 11.7. The third-order valence-electron chi connectivity index (χ3n) is 3.28. The molecule has 0 bridgehead atoms. The van der Waals surface area contributed by atoms with Gasteiger partial charge in [0.1, 0.15) is 11.6 Å². The molecule has 0 amide bonds. The summed E-state index contributed by atoms with van der Waals surface area (Å²) in [6, 6.07) is 8.06. The Balaban J connectivity index is 2.54. The van der Waals surface area contributed by atoms with E-state index in [1.54, 1.807) is 4.57 Å².